The van der Waals surface area contributed by atoms with Crippen molar-refractivity contribution in [2.24, 2.45) is 5.92 Å². The van der Waals surface area contributed by atoms with Crippen LogP contribution >= 0.6 is 0 Å². The first kappa shape index (κ1) is 36.9. The molecule has 6 atom stereocenters. The number of nitrogens with zero attached hydrogens (tertiary/aromatic N) is 2. The Bertz CT molecular complexity index is 1290. The molecule has 1 fully saturated rings. The maximum absolute atomic E-state index is 14.2. The number of carbonyl (C=O) groups is 5. The van der Waals surface area contributed by atoms with E-state index in [0.717, 1.165) is 27.2 Å². The number of methoxy groups -OCH3 is 1. The maximum Gasteiger partial charge on any atom is 0.303 e. The summed E-state index contributed by atoms with van der Waals surface area (Å²) in [4.78, 5) is 65.2. The van der Waals surface area contributed by atoms with Crippen molar-refractivity contribution in [3.63, 3.8) is 0 Å². The minimum absolute atomic E-state index is 0.0543. The summed E-state index contributed by atoms with van der Waals surface area (Å²) >= 11 is 0. The molecular weight excluding hydrogens is 589 g/mol. The fourth-order valence-corrected chi connectivity index (χ4v) is 4.86. The molecule has 0 aromatic heterocycles. The average molecular weight is 632 g/mol. The predicted octanol–water partition coefficient (Wildman–Crippen LogP) is 3.11. The van der Waals surface area contributed by atoms with E-state index in [1.54, 1.807) is 18.2 Å². The quantitative estimate of drug-likeness (QED) is 0.184. The smallest absolute Gasteiger partial charge is 0.303 e. The molecule has 2 amide bonds. The number of nitriles is 1. The van der Waals surface area contributed by atoms with Crippen LogP contribution in [-0.4, -0.2) is 78.7 Å². The minimum atomic E-state index is -1.59. The van der Waals surface area contributed by atoms with E-state index in [1.165, 1.54) is 30.2 Å². The third kappa shape index (κ3) is 11.3. The Labute approximate surface area is 262 Å². The lowest BCUT2D eigenvalue weighted by molar-refractivity contribution is -0.192. The number of benzene rings is 1. The minimum Gasteiger partial charge on any atom is -0.455 e. The molecule has 1 N–H and O–H groups in total. The molecule has 0 saturated carbocycles. The topological polar surface area (TPSA) is 161 Å². The van der Waals surface area contributed by atoms with Crippen molar-refractivity contribution < 1.29 is 47.3 Å². The number of halogens is 1. The largest absolute Gasteiger partial charge is 0.455 e. The van der Waals surface area contributed by atoms with Crippen LogP contribution in [0.5, 0.6) is 0 Å². The van der Waals surface area contributed by atoms with Gasteiger partial charge in [-0.05, 0) is 49.0 Å². The standard InChI is InChI=1S/C32H42FN3O9/c1-7-19(2)11-14-27(43-20(3)37)28(44-21(4)38)29(45-22(5)39)30(42-6)31(40)35-26-10-8-9-15-36(32(26)41)18-23-12-13-24(17-34)25(33)16-23/h11-14,16,19,26-30H,7-10,15,18H2,1-6H3,(H,35,40)/t19?,26?,27-,28+,29-,30-/m1/s1. The van der Waals surface area contributed by atoms with E-state index >= 15 is 0 Å². The fraction of sp³-hybridized carbons (Fsp3) is 0.562. The zero-order valence-electron chi connectivity index (χ0n) is 26.5. The molecule has 45 heavy (non-hydrogen) atoms. The molecule has 13 heteroatoms. The van der Waals surface area contributed by atoms with Crippen LogP contribution < -0.4 is 5.32 Å². The lowest BCUT2D eigenvalue weighted by atomic mass is 9.98. The van der Waals surface area contributed by atoms with Gasteiger partial charge in [0.25, 0.3) is 5.91 Å². The highest BCUT2D eigenvalue weighted by atomic mass is 19.1. The number of amides is 2. The van der Waals surface area contributed by atoms with Gasteiger partial charge in [-0.3, -0.25) is 24.0 Å². The van der Waals surface area contributed by atoms with Gasteiger partial charge in [0.05, 0.1) is 5.56 Å². The zero-order chi connectivity index (χ0) is 33.7. The molecule has 1 aromatic carbocycles. The Kier molecular flexibility index (Phi) is 14.6. The normalized spacial score (nSPS) is 18.5. The van der Waals surface area contributed by atoms with E-state index in [0.29, 0.717) is 31.4 Å². The Morgan fingerprint density at radius 3 is 2.27 bits per heavy atom. The van der Waals surface area contributed by atoms with Gasteiger partial charge in [-0.25, -0.2) is 4.39 Å². The average Bonchev–Trinajstić information content (AvgIpc) is 3.14. The van der Waals surface area contributed by atoms with E-state index in [2.05, 4.69) is 5.32 Å². The van der Waals surface area contributed by atoms with Crippen molar-refractivity contribution in [2.75, 3.05) is 13.7 Å². The number of likely N-dealkylation sites (tertiary alicyclic amines) is 1. The lowest BCUT2D eigenvalue weighted by Gasteiger charge is -2.34. The van der Waals surface area contributed by atoms with Crippen molar-refractivity contribution in [3.8, 4) is 6.07 Å². The summed E-state index contributed by atoms with van der Waals surface area (Å²) < 4.78 is 36.1. The van der Waals surface area contributed by atoms with Crippen molar-refractivity contribution in [1.82, 2.24) is 10.2 Å². The van der Waals surface area contributed by atoms with E-state index in [9.17, 15) is 28.4 Å². The number of carbonyl (C=O) groups excluding carboxylic acids is 5. The molecule has 1 aliphatic heterocycles. The molecule has 246 valence electrons. The highest BCUT2D eigenvalue weighted by Gasteiger charge is 2.45. The molecule has 2 rings (SSSR count). The van der Waals surface area contributed by atoms with Crippen LogP contribution in [0.2, 0.25) is 0 Å². The van der Waals surface area contributed by atoms with Crippen LogP contribution in [0.3, 0.4) is 0 Å². The Morgan fingerprint density at radius 1 is 1.07 bits per heavy atom. The van der Waals surface area contributed by atoms with Gasteiger partial charge in [0.2, 0.25) is 5.91 Å². The maximum atomic E-state index is 14.2. The molecular formula is C32H42FN3O9. The molecule has 12 nitrogen and oxygen atoms in total. The van der Waals surface area contributed by atoms with Crippen LogP contribution in [0.25, 0.3) is 0 Å². The SMILES string of the molecule is CCC(C)C=C[C@@H](OC(C)=O)[C@H](OC(C)=O)[C@@H](OC(C)=O)[C@@H](OC)C(=O)NC1CCCCN(Cc2ccc(C#N)c(F)c2)C1=O. The van der Waals surface area contributed by atoms with E-state index in [1.807, 2.05) is 13.8 Å². The molecule has 0 radical (unpaired) electrons. The van der Waals surface area contributed by atoms with E-state index < -0.39 is 66.0 Å². The summed E-state index contributed by atoms with van der Waals surface area (Å²) in [5.74, 6) is -4.23. The van der Waals surface area contributed by atoms with E-state index in [4.69, 9.17) is 24.2 Å². The van der Waals surface area contributed by atoms with Gasteiger partial charge in [-0.1, -0.05) is 32.4 Å². The number of hydrogen-bond donors (Lipinski definition) is 1. The van der Waals surface area contributed by atoms with Crippen molar-refractivity contribution >= 4 is 29.7 Å². The second kappa shape index (κ2) is 17.9. The molecule has 1 aromatic rings. The number of ether oxygens (including phenoxy) is 4. The summed E-state index contributed by atoms with van der Waals surface area (Å²) in [5, 5.41) is 11.7. The fourth-order valence-electron chi connectivity index (χ4n) is 4.86. The molecule has 0 spiro atoms. The van der Waals surface area contributed by atoms with E-state index in [-0.39, 0.29) is 18.0 Å². The van der Waals surface area contributed by atoms with Crippen LogP contribution in [0, 0.1) is 23.1 Å². The summed E-state index contributed by atoms with van der Waals surface area (Å²) in [5.41, 5.74) is 0.361. The molecule has 0 aliphatic carbocycles. The van der Waals surface area contributed by atoms with Gasteiger partial charge in [0, 0.05) is 41.0 Å². The Morgan fingerprint density at radius 2 is 1.71 bits per heavy atom. The first-order valence-electron chi connectivity index (χ1n) is 14.8. The van der Waals surface area contributed by atoms with Crippen molar-refractivity contribution in [1.29, 1.82) is 5.26 Å². The summed E-state index contributed by atoms with van der Waals surface area (Å²) in [6, 6.07) is 4.85. The van der Waals surface area contributed by atoms with Crippen LogP contribution in [-0.2, 0) is 49.5 Å². The molecule has 0 bridgehead atoms. The molecule has 2 unspecified atom stereocenters. The second-order valence-corrected chi connectivity index (χ2v) is 10.9. The second-order valence-electron chi connectivity index (χ2n) is 10.9. The molecule has 1 saturated heterocycles. The third-order valence-electron chi connectivity index (χ3n) is 7.26. The molecule has 1 heterocycles. The summed E-state index contributed by atoms with van der Waals surface area (Å²) in [7, 11) is 1.18. The van der Waals surface area contributed by atoms with Crippen molar-refractivity contribution in [3.05, 3.63) is 47.3 Å². The first-order valence-corrected chi connectivity index (χ1v) is 14.8. The highest BCUT2D eigenvalue weighted by Crippen LogP contribution is 2.23. The highest BCUT2D eigenvalue weighted by molar-refractivity contribution is 5.90. The monoisotopic (exact) mass is 631 g/mol. The van der Waals surface area contributed by atoms with Crippen molar-refractivity contribution in [2.45, 2.75) is 97.3 Å². The number of hydrogen-bond acceptors (Lipinski definition) is 10. The van der Waals surface area contributed by atoms with Crippen LogP contribution in [0.1, 0.15) is 71.4 Å². The van der Waals surface area contributed by atoms with Gasteiger partial charge in [-0.15, -0.1) is 0 Å². The van der Waals surface area contributed by atoms with Gasteiger partial charge in [0.1, 0.15) is 17.9 Å². The first-order chi connectivity index (χ1) is 21.3. The number of rotatable bonds is 14. The Balaban J connectivity index is 2.40. The van der Waals surface area contributed by atoms with Gasteiger partial charge < -0.3 is 29.2 Å². The van der Waals surface area contributed by atoms with Crippen LogP contribution in [0.4, 0.5) is 4.39 Å². The molecule has 1 aliphatic rings. The van der Waals surface area contributed by atoms with Gasteiger partial charge >= 0.3 is 17.9 Å². The summed E-state index contributed by atoms with van der Waals surface area (Å²) in [6.07, 6.45) is -0.406. The van der Waals surface area contributed by atoms with Gasteiger partial charge in [0.15, 0.2) is 24.4 Å². The predicted molar refractivity (Wildman–Crippen MR) is 158 cm³/mol. The zero-order valence-corrected chi connectivity index (χ0v) is 26.5. The van der Waals surface area contributed by atoms with Gasteiger partial charge in [-0.2, -0.15) is 5.26 Å². The number of nitrogens with one attached hydrogen (secondary N) is 1. The van der Waals surface area contributed by atoms with Crippen LogP contribution in [0.15, 0.2) is 30.4 Å². The number of esters is 3. The summed E-state index contributed by atoms with van der Waals surface area (Å²) in [6.45, 7) is 7.65. The Hall–Kier alpha value is -4.31. The number of allylic oxidation sites excluding steroid dienone is 1. The third-order valence-corrected chi connectivity index (χ3v) is 7.26. The lowest BCUT2D eigenvalue weighted by Crippen LogP contribution is -2.58.